The summed E-state index contributed by atoms with van der Waals surface area (Å²) in [6.45, 7) is 6.29. The van der Waals surface area contributed by atoms with E-state index in [0.717, 1.165) is 11.3 Å². The highest BCUT2D eigenvalue weighted by Crippen LogP contribution is 2.37. The highest BCUT2D eigenvalue weighted by molar-refractivity contribution is 6.33. The Bertz CT molecular complexity index is 1250. The number of ether oxygens (including phenoxy) is 1. The second-order valence-corrected chi connectivity index (χ2v) is 9.51. The highest BCUT2D eigenvalue weighted by atomic mass is 35.5. The molecule has 0 saturated carbocycles. The van der Waals surface area contributed by atoms with Crippen LogP contribution < -0.4 is 15.4 Å². The Balaban J connectivity index is 0.00000205. The quantitative estimate of drug-likeness (QED) is 0.106. The van der Waals surface area contributed by atoms with E-state index in [4.69, 9.17) is 44.0 Å². The number of halogens is 2. The monoisotopic (exact) mass is 572 g/mol. The molecule has 1 aliphatic rings. The number of ketones is 1. The average molecular weight is 574 g/mol. The Kier molecular flexibility index (Phi) is 11.4. The number of benzene rings is 3. The number of aliphatic hydroxyl groups excluding tert-OH is 1. The van der Waals surface area contributed by atoms with E-state index in [0.29, 0.717) is 46.6 Å². The first-order chi connectivity index (χ1) is 18.9. The van der Waals surface area contributed by atoms with Crippen molar-refractivity contribution in [2.75, 3.05) is 44.3 Å². The molecule has 0 spiro atoms. The molecule has 1 heterocycles. The van der Waals surface area contributed by atoms with Crippen molar-refractivity contribution in [2.24, 2.45) is 10.9 Å². The predicted molar refractivity (Wildman–Crippen MR) is 157 cm³/mol. The molecule has 39 heavy (non-hydrogen) atoms. The van der Waals surface area contributed by atoms with Crippen LogP contribution in [-0.2, 0) is 0 Å². The van der Waals surface area contributed by atoms with Crippen LogP contribution in [0.1, 0.15) is 41.4 Å². The minimum atomic E-state index is -0.0756. The number of hydrogen-bond donors (Lipinski definition) is 3. The largest absolute Gasteiger partial charge is 0.491 e. The van der Waals surface area contributed by atoms with Gasteiger partial charge in [-0.3, -0.25) is 9.69 Å². The SMILES string of the molecule is CC.N/C(=N/O)c1ccc(C(=O)CN2CCN(c3ccc(OCCO)cc3Cl)[C@H](c3ccc(Cl)cc3)C2)cc1. The standard InChI is InChI=1S/C27H28Cl2N4O4.C2H6/c28-21-7-5-18(6-8-21)25-16-32(17-26(35)19-1-3-20(4-2-19)27(30)31-36)11-12-33(25)24-10-9-22(15-23(24)29)37-14-13-34;1-2/h1-10,15,25,34,36H,11-14,16-17H2,(H2,30,31);1-2H3/t25-;/m0./s1. The van der Waals surface area contributed by atoms with Crippen LogP contribution in [0.15, 0.2) is 71.9 Å². The zero-order chi connectivity index (χ0) is 28.4. The van der Waals surface area contributed by atoms with Crippen LogP contribution in [0.5, 0.6) is 5.75 Å². The summed E-state index contributed by atoms with van der Waals surface area (Å²) in [6.07, 6.45) is 0. The Morgan fingerprint density at radius 3 is 2.31 bits per heavy atom. The molecular weight excluding hydrogens is 539 g/mol. The van der Waals surface area contributed by atoms with Gasteiger partial charge in [-0.25, -0.2) is 0 Å². The van der Waals surface area contributed by atoms with Gasteiger partial charge < -0.3 is 25.7 Å². The number of nitrogens with zero attached hydrogens (tertiary/aromatic N) is 3. The molecule has 0 amide bonds. The maximum atomic E-state index is 13.0. The number of carbonyl (C=O) groups is 1. The van der Waals surface area contributed by atoms with Crippen LogP contribution in [0.2, 0.25) is 10.0 Å². The van der Waals surface area contributed by atoms with Gasteiger partial charge in [-0.05, 0) is 29.8 Å². The number of amidine groups is 1. The fraction of sp³-hybridized carbons (Fsp3) is 0.310. The molecule has 0 aromatic heterocycles. The molecule has 0 aliphatic carbocycles. The smallest absolute Gasteiger partial charge is 0.176 e. The Labute approximate surface area is 239 Å². The number of rotatable bonds is 9. The summed E-state index contributed by atoms with van der Waals surface area (Å²) >= 11 is 12.8. The van der Waals surface area contributed by atoms with Crippen molar-refractivity contribution in [3.05, 3.63) is 93.5 Å². The normalized spacial score (nSPS) is 15.9. The molecule has 3 aromatic carbocycles. The molecule has 0 unspecified atom stereocenters. The molecule has 1 saturated heterocycles. The molecule has 1 aliphatic heterocycles. The van der Waals surface area contributed by atoms with E-state index in [-0.39, 0.29) is 37.4 Å². The first kappa shape index (κ1) is 30.2. The molecule has 1 atom stereocenters. The van der Waals surface area contributed by atoms with E-state index >= 15 is 0 Å². The third-order valence-electron chi connectivity index (χ3n) is 6.29. The number of Topliss-reactive ketones (excluding diaryl/α,β-unsaturated/α-hetero) is 1. The zero-order valence-corrected chi connectivity index (χ0v) is 23.6. The van der Waals surface area contributed by atoms with Gasteiger partial charge in [-0.1, -0.05) is 78.6 Å². The van der Waals surface area contributed by atoms with Gasteiger partial charge >= 0.3 is 0 Å². The number of aliphatic hydroxyl groups is 1. The molecular formula is C29H34Cl2N4O4. The van der Waals surface area contributed by atoms with Crippen molar-refractivity contribution in [3.8, 4) is 5.75 Å². The van der Waals surface area contributed by atoms with Crippen molar-refractivity contribution in [3.63, 3.8) is 0 Å². The number of piperazine rings is 1. The summed E-state index contributed by atoms with van der Waals surface area (Å²) in [5.74, 6) is 0.568. The number of carbonyl (C=O) groups excluding carboxylic acids is 1. The van der Waals surface area contributed by atoms with Gasteiger partial charge in [0.05, 0.1) is 29.9 Å². The third kappa shape index (κ3) is 7.86. The molecule has 3 aromatic rings. The predicted octanol–water partition coefficient (Wildman–Crippen LogP) is 5.23. The van der Waals surface area contributed by atoms with Crippen LogP contribution in [0.4, 0.5) is 5.69 Å². The lowest BCUT2D eigenvalue weighted by Crippen LogP contribution is -2.50. The molecule has 4 rings (SSSR count). The van der Waals surface area contributed by atoms with E-state index in [1.807, 2.05) is 50.2 Å². The highest BCUT2D eigenvalue weighted by Gasteiger charge is 2.31. The minimum absolute atomic E-state index is 0.00687. The van der Waals surface area contributed by atoms with Gasteiger partial charge in [-0.2, -0.15) is 0 Å². The lowest BCUT2D eigenvalue weighted by atomic mass is 10.0. The van der Waals surface area contributed by atoms with Crippen molar-refractivity contribution in [2.45, 2.75) is 19.9 Å². The molecule has 0 radical (unpaired) electrons. The lowest BCUT2D eigenvalue weighted by Gasteiger charge is -2.43. The molecule has 208 valence electrons. The first-order valence-corrected chi connectivity index (χ1v) is 13.5. The van der Waals surface area contributed by atoms with Crippen LogP contribution >= 0.6 is 23.2 Å². The fourth-order valence-electron chi connectivity index (χ4n) is 4.39. The Hall–Kier alpha value is -3.30. The lowest BCUT2D eigenvalue weighted by molar-refractivity contribution is 0.0914. The van der Waals surface area contributed by atoms with E-state index in [9.17, 15) is 4.79 Å². The third-order valence-corrected chi connectivity index (χ3v) is 6.84. The zero-order valence-electron chi connectivity index (χ0n) is 22.1. The summed E-state index contributed by atoms with van der Waals surface area (Å²) in [5.41, 5.74) is 8.64. The number of nitrogens with two attached hydrogens (primary N) is 1. The van der Waals surface area contributed by atoms with Gasteiger partial charge in [0.25, 0.3) is 0 Å². The van der Waals surface area contributed by atoms with Crippen molar-refractivity contribution < 1.29 is 19.8 Å². The maximum Gasteiger partial charge on any atom is 0.176 e. The van der Waals surface area contributed by atoms with Gasteiger partial charge in [0.15, 0.2) is 11.6 Å². The minimum Gasteiger partial charge on any atom is -0.491 e. The summed E-state index contributed by atoms with van der Waals surface area (Å²) in [7, 11) is 0. The summed E-state index contributed by atoms with van der Waals surface area (Å²) in [5, 5.41) is 22.0. The molecule has 0 bridgehead atoms. The van der Waals surface area contributed by atoms with Crippen molar-refractivity contribution >= 4 is 40.5 Å². The van der Waals surface area contributed by atoms with Crippen LogP contribution in [0, 0.1) is 0 Å². The second kappa shape index (κ2) is 14.7. The number of hydrogen-bond acceptors (Lipinski definition) is 7. The van der Waals surface area contributed by atoms with Gasteiger partial charge in [0.1, 0.15) is 12.4 Å². The van der Waals surface area contributed by atoms with E-state index in [1.165, 1.54) is 0 Å². The summed E-state index contributed by atoms with van der Waals surface area (Å²) in [4.78, 5) is 17.4. The topological polar surface area (TPSA) is 112 Å². The molecule has 1 fully saturated rings. The van der Waals surface area contributed by atoms with E-state index in [1.54, 1.807) is 30.3 Å². The van der Waals surface area contributed by atoms with Gasteiger partial charge in [0.2, 0.25) is 0 Å². The first-order valence-electron chi connectivity index (χ1n) is 12.8. The molecule has 4 N–H and O–H groups in total. The van der Waals surface area contributed by atoms with Crippen LogP contribution in [0.3, 0.4) is 0 Å². The average Bonchev–Trinajstić information content (AvgIpc) is 2.97. The van der Waals surface area contributed by atoms with Crippen molar-refractivity contribution in [1.82, 2.24) is 4.90 Å². The fourth-order valence-corrected chi connectivity index (χ4v) is 4.80. The van der Waals surface area contributed by atoms with Crippen LogP contribution in [0.25, 0.3) is 0 Å². The van der Waals surface area contributed by atoms with Crippen LogP contribution in [-0.4, -0.2) is 66.2 Å². The van der Waals surface area contributed by atoms with E-state index < -0.39 is 0 Å². The summed E-state index contributed by atoms with van der Waals surface area (Å²) in [6, 6.07) is 19.8. The van der Waals surface area contributed by atoms with Gasteiger partial charge in [-0.15, -0.1) is 0 Å². The Morgan fingerprint density at radius 1 is 1.03 bits per heavy atom. The Morgan fingerprint density at radius 2 is 1.69 bits per heavy atom. The van der Waals surface area contributed by atoms with Crippen molar-refractivity contribution in [1.29, 1.82) is 0 Å². The maximum absolute atomic E-state index is 13.0. The summed E-state index contributed by atoms with van der Waals surface area (Å²) < 4.78 is 5.49. The second-order valence-electron chi connectivity index (χ2n) is 8.67. The molecule has 8 nitrogen and oxygen atoms in total. The van der Waals surface area contributed by atoms with Gasteiger partial charge in [0, 0.05) is 41.9 Å². The number of oxime groups is 1. The van der Waals surface area contributed by atoms with E-state index in [2.05, 4.69) is 15.0 Å². The number of anilines is 1. The molecule has 10 heteroatoms.